The van der Waals surface area contributed by atoms with Crippen molar-refractivity contribution in [2.45, 2.75) is 12.8 Å². The third-order valence-corrected chi connectivity index (χ3v) is 3.33. The largest absolute Gasteiger partial charge is 0.381 e. The molecule has 0 atom stereocenters. The molecule has 0 aliphatic carbocycles. The van der Waals surface area contributed by atoms with Crippen molar-refractivity contribution in [1.82, 2.24) is 0 Å². The first-order chi connectivity index (χ1) is 9.66. The molecule has 0 radical (unpaired) electrons. The van der Waals surface area contributed by atoms with Gasteiger partial charge in [-0.25, -0.2) is 0 Å². The van der Waals surface area contributed by atoms with Crippen molar-refractivity contribution in [2.24, 2.45) is 5.92 Å². The summed E-state index contributed by atoms with van der Waals surface area (Å²) in [4.78, 5) is 21.9. The van der Waals surface area contributed by atoms with E-state index in [0.717, 1.165) is 26.1 Å². The van der Waals surface area contributed by atoms with E-state index in [2.05, 4.69) is 0 Å². The summed E-state index contributed by atoms with van der Waals surface area (Å²) in [6.45, 7) is 2.08. The van der Waals surface area contributed by atoms with Crippen LogP contribution in [0.3, 0.4) is 0 Å². The fourth-order valence-corrected chi connectivity index (χ4v) is 2.08. The molecule has 0 saturated carbocycles. The Balaban J connectivity index is 1.77. The Morgan fingerprint density at radius 1 is 1.30 bits per heavy atom. The van der Waals surface area contributed by atoms with Crippen LogP contribution in [0, 0.1) is 16.0 Å². The number of ketones is 1. The highest BCUT2D eigenvalue weighted by Gasteiger charge is 2.15. The summed E-state index contributed by atoms with van der Waals surface area (Å²) in [5, 5.41) is 10.5. The monoisotopic (exact) mass is 279 g/mol. The molecule has 1 aromatic rings. The van der Waals surface area contributed by atoms with E-state index < -0.39 is 4.92 Å². The molecule has 6 nitrogen and oxygen atoms in total. The topological polar surface area (TPSA) is 78.7 Å². The summed E-state index contributed by atoms with van der Waals surface area (Å²) in [6.07, 6.45) is 1.93. The number of carbonyl (C=O) groups excluding carboxylic acids is 1. The number of nitro groups is 1. The number of Topliss-reactive ketones (excluding diaryl/α,β-unsaturated/α-hetero) is 1. The lowest BCUT2D eigenvalue weighted by atomic mass is 10.0. The van der Waals surface area contributed by atoms with Crippen LogP contribution in [0.1, 0.15) is 23.2 Å². The first kappa shape index (κ1) is 14.6. The van der Waals surface area contributed by atoms with Crippen LogP contribution in [0.4, 0.5) is 5.69 Å². The van der Waals surface area contributed by atoms with E-state index in [1.165, 1.54) is 24.3 Å². The first-order valence-corrected chi connectivity index (χ1v) is 6.60. The Morgan fingerprint density at radius 2 is 1.95 bits per heavy atom. The van der Waals surface area contributed by atoms with Gasteiger partial charge in [0.2, 0.25) is 0 Å². The summed E-state index contributed by atoms with van der Waals surface area (Å²) >= 11 is 0. The molecule has 0 spiro atoms. The minimum Gasteiger partial charge on any atom is -0.381 e. The minimum absolute atomic E-state index is 0.00910. The highest BCUT2D eigenvalue weighted by Crippen LogP contribution is 2.15. The van der Waals surface area contributed by atoms with E-state index >= 15 is 0 Å². The van der Waals surface area contributed by atoms with Gasteiger partial charge >= 0.3 is 0 Å². The van der Waals surface area contributed by atoms with Gasteiger partial charge in [-0.3, -0.25) is 14.9 Å². The van der Waals surface area contributed by atoms with Crippen LogP contribution in [0.2, 0.25) is 0 Å². The van der Waals surface area contributed by atoms with E-state index in [4.69, 9.17) is 9.47 Å². The van der Waals surface area contributed by atoms with Crippen LogP contribution in [0.5, 0.6) is 0 Å². The Morgan fingerprint density at radius 3 is 2.55 bits per heavy atom. The van der Waals surface area contributed by atoms with Crippen LogP contribution >= 0.6 is 0 Å². The first-order valence-electron chi connectivity index (χ1n) is 6.60. The van der Waals surface area contributed by atoms with Gasteiger partial charge < -0.3 is 9.47 Å². The normalized spacial score (nSPS) is 16.0. The minimum atomic E-state index is -0.490. The summed E-state index contributed by atoms with van der Waals surface area (Å²) in [7, 11) is 0. The lowest BCUT2D eigenvalue weighted by molar-refractivity contribution is -0.384. The van der Waals surface area contributed by atoms with Gasteiger partial charge in [0.25, 0.3) is 5.69 Å². The number of non-ortho nitro benzene ring substituents is 1. The quantitative estimate of drug-likeness (QED) is 0.453. The Bertz CT molecular complexity index is 465. The molecule has 108 valence electrons. The molecule has 2 rings (SSSR count). The van der Waals surface area contributed by atoms with Crippen LogP contribution in [0.15, 0.2) is 24.3 Å². The smallest absolute Gasteiger partial charge is 0.269 e. The molecule has 1 aliphatic rings. The lowest BCUT2D eigenvalue weighted by Gasteiger charge is -2.21. The third kappa shape index (κ3) is 4.11. The van der Waals surface area contributed by atoms with Crippen LogP contribution in [0.25, 0.3) is 0 Å². The zero-order valence-corrected chi connectivity index (χ0v) is 11.1. The van der Waals surface area contributed by atoms with Crippen molar-refractivity contribution < 1.29 is 19.2 Å². The maximum absolute atomic E-state index is 11.8. The summed E-state index contributed by atoms with van der Waals surface area (Å²) in [5.74, 6) is 0.292. The molecule has 1 fully saturated rings. The fourth-order valence-electron chi connectivity index (χ4n) is 2.08. The molecule has 0 aromatic heterocycles. The molecule has 0 amide bonds. The molecule has 0 N–H and O–H groups in total. The van der Waals surface area contributed by atoms with Crippen molar-refractivity contribution in [3.05, 3.63) is 39.9 Å². The second kappa shape index (κ2) is 7.12. The molecule has 0 unspecified atom stereocenters. The average Bonchev–Trinajstić information content (AvgIpc) is 2.48. The van der Waals surface area contributed by atoms with Gasteiger partial charge in [0.1, 0.15) is 6.61 Å². The van der Waals surface area contributed by atoms with E-state index in [1.807, 2.05) is 0 Å². The van der Waals surface area contributed by atoms with Gasteiger partial charge in [0.05, 0.1) is 11.5 Å². The standard InChI is InChI=1S/C14H17NO5/c16-14(10-20-9-11-5-7-19-8-6-11)12-1-3-13(4-2-12)15(17)18/h1-4,11H,5-10H2. The van der Waals surface area contributed by atoms with Gasteiger partial charge in [-0.1, -0.05) is 0 Å². The van der Waals surface area contributed by atoms with E-state index in [0.29, 0.717) is 18.1 Å². The van der Waals surface area contributed by atoms with Crippen molar-refractivity contribution >= 4 is 11.5 Å². The van der Waals surface area contributed by atoms with Gasteiger partial charge in [0, 0.05) is 30.9 Å². The highest BCUT2D eigenvalue weighted by atomic mass is 16.6. The molecule has 0 bridgehead atoms. The number of hydrogen-bond acceptors (Lipinski definition) is 5. The van der Waals surface area contributed by atoms with Crippen molar-refractivity contribution in [2.75, 3.05) is 26.4 Å². The molecule has 1 heterocycles. The zero-order chi connectivity index (χ0) is 14.4. The molecular formula is C14H17NO5. The third-order valence-electron chi connectivity index (χ3n) is 3.33. The Hall–Kier alpha value is -1.79. The molecule has 20 heavy (non-hydrogen) atoms. The summed E-state index contributed by atoms with van der Waals surface area (Å²) < 4.78 is 10.7. The molecule has 1 aromatic carbocycles. The predicted octanol–water partition coefficient (Wildman–Crippen LogP) is 2.22. The van der Waals surface area contributed by atoms with Gasteiger partial charge in [-0.05, 0) is 30.9 Å². The van der Waals surface area contributed by atoms with Gasteiger partial charge in [0.15, 0.2) is 5.78 Å². The second-order valence-corrected chi connectivity index (χ2v) is 4.80. The summed E-state index contributed by atoms with van der Waals surface area (Å²) in [6, 6.07) is 5.56. The zero-order valence-electron chi connectivity index (χ0n) is 11.1. The van der Waals surface area contributed by atoms with Crippen LogP contribution in [-0.4, -0.2) is 37.1 Å². The number of nitro benzene ring substituents is 1. The molecule has 6 heteroatoms. The van der Waals surface area contributed by atoms with Crippen LogP contribution < -0.4 is 0 Å². The maximum atomic E-state index is 11.8. The predicted molar refractivity (Wildman–Crippen MR) is 71.8 cm³/mol. The van der Waals surface area contributed by atoms with Crippen LogP contribution in [-0.2, 0) is 9.47 Å². The number of ether oxygens (including phenoxy) is 2. The van der Waals surface area contributed by atoms with Crippen molar-refractivity contribution in [3.8, 4) is 0 Å². The van der Waals surface area contributed by atoms with E-state index in [9.17, 15) is 14.9 Å². The molecule has 1 aliphatic heterocycles. The van der Waals surface area contributed by atoms with Crippen molar-refractivity contribution in [3.63, 3.8) is 0 Å². The summed E-state index contributed by atoms with van der Waals surface area (Å²) in [5.41, 5.74) is 0.409. The Kier molecular flexibility index (Phi) is 5.20. The molecular weight excluding hydrogens is 262 g/mol. The maximum Gasteiger partial charge on any atom is 0.269 e. The second-order valence-electron chi connectivity index (χ2n) is 4.80. The fraction of sp³-hybridized carbons (Fsp3) is 0.500. The number of carbonyl (C=O) groups is 1. The lowest BCUT2D eigenvalue weighted by Crippen LogP contribution is -2.21. The van der Waals surface area contributed by atoms with Crippen molar-refractivity contribution in [1.29, 1.82) is 0 Å². The Labute approximate surface area is 116 Å². The number of hydrogen-bond donors (Lipinski definition) is 0. The SMILES string of the molecule is O=C(COCC1CCOCC1)c1ccc([N+](=O)[O-])cc1. The highest BCUT2D eigenvalue weighted by molar-refractivity contribution is 5.97. The van der Waals surface area contributed by atoms with Gasteiger partial charge in [-0.2, -0.15) is 0 Å². The number of rotatable bonds is 6. The number of benzene rings is 1. The number of nitrogens with zero attached hydrogens (tertiary/aromatic N) is 1. The average molecular weight is 279 g/mol. The van der Waals surface area contributed by atoms with E-state index in [-0.39, 0.29) is 18.1 Å². The molecule has 1 saturated heterocycles. The van der Waals surface area contributed by atoms with E-state index in [1.54, 1.807) is 0 Å². The van der Waals surface area contributed by atoms with Gasteiger partial charge in [-0.15, -0.1) is 0 Å².